The van der Waals surface area contributed by atoms with Crippen molar-refractivity contribution in [2.24, 2.45) is 0 Å². The smallest absolute Gasteiger partial charge is 0.312 e. The standard InChI is InChI=1S/C10H8N2O4/c1-7(13)6-16-10-3-2-8(5-11)4-9(10)12(14)15/h2-4H,6H2,1H3. The minimum Gasteiger partial charge on any atom is -0.479 e. The van der Waals surface area contributed by atoms with Crippen molar-refractivity contribution in [3.05, 3.63) is 33.9 Å². The Hall–Kier alpha value is -2.42. The molecule has 6 nitrogen and oxygen atoms in total. The first-order chi connectivity index (χ1) is 7.54. The van der Waals surface area contributed by atoms with Crippen molar-refractivity contribution in [1.82, 2.24) is 0 Å². The lowest BCUT2D eigenvalue weighted by molar-refractivity contribution is -0.385. The van der Waals surface area contributed by atoms with Gasteiger partial charge in [0.2, 0.25) is 0 Å². The molecule has 0 saturated carbocycles. The first-order valence-electron chi connectivity index (χ1n) is 4.35. The maximum absolute atomic E-state index is 10.7. The van der Waals surface area contributed by atoms with E-state index < -0.39 is 4.92 Å². The molecule has 16 heavy (non-hydrogen) atoms. The van der Waals surface area contributed by atoms with Gasteiger partial charge in [0.05, 0.1) is 16.6 Å². The summed E-state index contributed by atoms with van der Waals surface area (Å²) < 4.78 is 4.96. The summed E-state index contributed by atoms with van der Waals surface area (Å²) >= 11 is 0. The van der Waals surface area contributed by atoms with Gasteiger partial charge in [0.15, 0.2) is 11.5 Å². The van der Waals surface area contributed by atoms with E-state index in [0.29, 0.717) is 0 Å². The van der Waals surface area contributed by atoms with Crippen LogP contribution in [0, 0.1) is 21.4 Å². The largest absolute Gasteiger partial charge is 0.479 e. The van der Waals surface area contributed by atoms with Gasteiger partial charge in [-0.05, 0) is 19.1 Å². The highest BCUT2D eigenvalue weighted by molar-refractivity contribution is 5.77. The number of Topliss-reactive ketones (excluding diaryl/α,β-unsaturated/α-hetero) is 1. The Bertz CT molecular complexity index is 476. The predicted octanol–water partition coefficient (Wildman–Crippen LogP) is 1.43. The topological polar surface area (TPSA) is 93.2 Å². The number of hydrogen-bond donors (Lipinski definition) is 0. The highest BCUT2D eigenvalue weighted by Gasteiger charge is 2.16. The molecule has 0 aromatic heterocycles. The molecule has 0 unspecified atom stereocenters. The number of ketones is 1. The minimum atomic E-state index is -0.656. The van der Waals surface area contributed by atoms with Gasteiger partial charge in [-0.25, -0.2) is 0 Å². The Balaban J connectivity index is 3.04. The Kier molecular flexibility index (Phi) is 3.56. The van der Waals surface area contributed by atoms with Gasteiger partial charge < -0.3 is 4.74 Å². The fraction of sp³-hybridized carbons (Fsp3) is 0.200. The SMILES string of the molecule is CC(=O)COc1ccc(C#N)cc1[N+](=O)[O-]. The molecule has 0 spiro atoms. The third-order valence-electron chi connectivity index (χ3n) is 1.72. The second-order valence-electron chi connectivity index (χ2n) is 3.04. The highest BCUT2D eigenvalue weighted by Crippen LogP contribution is 2.27. The Labute approximate surface area is 91.2 Å². The van der Waals surface area contributed by atoms with Crippen LogP contribution in [0.1, 0.15) is 12.5 Å². The van der Waals surface area contributed by atoms with Crippen molar-refractivity contribution < 1.29 is 14.5 Å². The van der Waals surface area contributed by atoms with Crippen LogP contribution in [-0.4, -0.2) is 17.3 Å². The van der Waals surface area contributed by atoms with Gasteiger partial charge in [-0.15, -0.1) is 0 Å². The summed E-state index contributed by atoms with van der Waals surface area (Å²) in [7, 11) is 0. The lowest BCUT2D eigenvalue weighted by atomic mass is 10.2. The van der Waals surface area contributed by atoms with Gasteiger partial charge in [-0.1, -0.05) is 0 Å². The predicted molar refractivity (Wildman–Crippen MR) is 54.0 cm³/mol. The van der Waals surface area contributed by atoms with E-state index in [1.165, 1.54) is 19.1 Å². The molecule has 0 radical (unpaired) electrons. The quantitative estimate of drug-likeness (QED) is 0.565. The van der Waals surface area contributed by atoms with Crippen LogP contribution in [0.5, 0.6) is 5.75 Å². The Morgan fingerprint density at radius 2 is 2.31 bits per heavy atom. The van der Waals surface area contributed by atoms with Crippen LogP contribution in [0.3, 0.4) is 0 Å². The highest BCUT2D eigenvalue weighted by atomic mass is 16.6. The molecule has 0 saturated heterocycles. The molecule has 1 aromatic rings. The summed E-state index contributed by atoms with van der Waals surface area (Å²) in [6.07, 6.45) is 0. The fourth-order valence-corrected chi connectivity index (χ4v) is 1.03. The van der Waals surface area contributed by atoms with Crippen LogP contribution in [0.25, 0.3) is 0 Å². The van der Waals surface area contributed by atoms with Crippen LogP contribution >= 0.6 is 0 Å². The molecule has 0 aliphatic rings. The van der Waals surface area contributed by atoms with Crippen molar-refractivity contribution >= 4 is 11.5 Å². The Morgan fingerprint density at radius 3 is 2.81 bits per heavy atom. The number of hydrogen-bond acceptors (Lipinski definition) is 5. The van der Waals surface area contributed by atoms with Crippen LogP contribution in [-0.2, 0) is 4.79 Å². The van der Waals surface area contributed by atoms with Gasteiger partial charge in [-0.3, -0.25) is 14.9 Å². The zero-order valence-corrected chi connectivity index (χ0v) is 8.47. The third-order valence-corrected chi connectivity index (χ3v) is 1.72. The molecular formula is C10H8N2O4. The summed E-state index contributed by atoms with van der Waals surface area (Å²) in [6, 6.07) is 5.59. The van der Waals surface area contributed by atoms with E-state index >= 15 is 0 Å². The van der Waals surface area contributed by atoms with E-state index in [1.54, 1.807) is 6.07 Å². The second kappa shape index (κ2) is 4.89. The van der Waals surface area contributed by atoms with Gasteiger partial charge in [0.25, 0.3) is 0 Å². The number of carbonyl (C=O) groups excluding carboxylic acids is 1. The molecule has 0 fully saturated rings. The molecule has 1 aromatic carbocycles. The van der Waals surface area contributed by atoms with E-state index in [1.807, 2.05) is 0 Å². The average Bonchev–Trinajstić information content (AvgIpc) is 2.25. The molecule has 6 heteroatoms. The van der Waals surface area contributed by atoms with Crippen LogP contribution in [0.15, 0.2) is 18.2 Å². The van der Waals surface area contributed by atoms with Crippen molar-refractivity contribution in [3.8, 4) is 11.8 Å². The maximum Gasteiger partial charge on any atom is 0.312 e. The monoisotopic (exact) mass is 220 g/mol. The molecule has 0 bridgehead atoms. The molecule has 0 aliphatic heterocycles. The van der Waals surface area contributed by atoms with Crippen molar-refractivity contribution in [3.63, 3.8) is 0 Å². The number of rotatable bonds is 4. The number of nitro groups is 1. The van der Waals surface area contributed by atoms with Gasteiger partial charge in [0, 0.05) is 6.07 Å². The van der Waals surface area contributed by atoms with Crippen molar-refractivity contribution in [2.45, 2.75) is 6.92 Å². The van der Waals surface area contributed by atoms with E-state index in [-0.39, 0.29) is 29.4 Å². The molecule has 0 atom stereocenters. The summed E-state index contributed by atoms with van der Waals surface area (Å²) in [5.41, 5.74) is -0.151. The van der Waals surface area contributed by atoms with Crippen LogP contribution < -0.4 is 4.74 Å². The molecule has 1 rings (SSSR count). The lowest BCUT2D eigenvalue weighted by Crippen LogP contribution is -2.08. The number of nitrogens with zero attached hydrogens (tertiary/aromatic N) is 2. The van der Waals surface area contributed by atoms with Crippen molar-refractivity contribution in [1.29, 1.82) is 5.26 Å². The number of ether oxygens (including phenoxy) is 1. The normalized spacial score (nSPS) is 9.25. The van der Waals surface area contributed by atoms with Crippen LogP contribution in [0.2, 0.25) is 0 Å². The van der Waals surface area contributed by atoms with Crippen molar-refractivity contribution in [2.75, 3.05) is 6.61 Å². The maximum atomic E-state index is 10.7. The zero-order chi connectivity index (χ0) is 12.1. The summed E-state index contributed by atoms with van der Waals surface area (Å²) in [6.45, 7) is 1.09. The van der Waals surface area contributed by atoms with E-state index in [9.17, 15) is 14.9 Å². The third kappa shape index (κ3) is 2.78. The minimum absolute atomic E-state index is 0.0146. The lowest BCUT2D eigenvalue weighted by Gasteiger charge is -2.04. The van der Waals surface area contributed by atoms with Crippen LogP contribution in [0.4, 0.5) is 5.69 Å². The Morgan fingerprint density at radius 1 is 1.62 bits per heavy atom. The average molecular weight is 220 g/mol. The number of nitriles is 1. The molecule has 0 N–H and O–H groups in total. The summed E-state index contributed by atoms with van der Waals surface area (Å²) in [5, 5.41) is 19.3. The van der Waals surface area contributed by atoms with E-state index in [0.717, 1.165) is 6.07 Å². The first kappa shape index (κ1) is 11.7. The van der Waals surface area contributed by atoms with E-state index in [4.69, 9.17) is 10.00 Å². The number of carbonyl (C=O) groups is 1. The molecule has 0 heterocycles. The summed E-state index contributed by atoms with van der Waals surface area (Å²) in [4.78, 5) is 20.7. The van der Waals surface area contributed by atoms with Gasteiger partial charge >= 0.3 is 5.69 Å². The van der Waals surface area contributed by atoms with Gasteiger partial charge in [-0.2, -0.15) is 5.26 Å². The number of benzene rings is 1. The van der Waals surface area contributed by atoms with E-state index in [2.05, 4.69) is 0 Å². The first-order valence-corrected chi connectivity index (χ1v) is 4.35. The molecule has 0 aliphatic carbocycles. The van der Waals surface area contributed by atoms with Gasteiger partial charge in [0.1, 0.15) is 6.61 Å². The summed E-state index contributed by atoms with van der Waals surface area (Å²) in [5.74, 6) is -0.252. The second-order valence-corrected chi connectivity index (χ2v) is 3.04. The zero-order valence-electron chi connectivity index (χ0n) is 8.47. The molecule has 0 amide bonds. The number of nitro benzene ring substituents is 1. The molecular weight excluding hydrogens is 212 g/mol. The molecule has 82 valence electrons. The fourth-order valence-electron chi connectivity index (χ4n) is 1.03.